The van der Waals surface area contributed by atoms with Crippen LogP contribution in [0, 0.1) is 0 Å². The van der Waals surface area contributed by atoms with E-state index in [1.807, 2.05) is 0 Å². The Balaban J connectivity index is 3.99. The van der Waals surface area contributed by atoms with E-state index in [4.69, 9.17) is 19.3 Å². The van der Waals surface area contributed by atoms with Crippen LogP contribution >= 0.6 is 7.82 Å². The summed E-state index contributed by atoms with van der Waals surface area (Å²) in [6.45, 7) is 3.64. The Labute approximate surface area is 263 Å². The van der Waals surface area contributed by atoms with E-state index in [2.05, 4.69) is 30.5 Å². The Morgan fingerprint density at radius 2 is 0.977 bits per heavy atom. The lowest BCUT2D eigenvalue weighted by atomic mass is 10.1. The molecule has 254 valence electrons. The Bertz CT molecular complexity index is 721. The summed E-state index contributed by atoms with van der Waals surface area (Å²) in [6, 6.07) is 0. The van der Waals surface area contributed by atoms with Crippen molar-refractivity contribution in [1.29, 1.82) is 0 Å². The van der Waals surface area contributed by atoms with E-state index in [1.54, 1.807) is 0 Å². The fourth-order valence-corrected chi connectivity index (χ4v) is 5.26. The van der Waals surface area contributed by atoms with Crippen LogP contribution in [0.2, 0.25) is 0 Å². The minimum Gasteiger partial charge on any atom is -0.462 e. The van der Waals surface area contributed by atoms with Gasteiger partial charge in [0.2, 0.25) is 0 Å². The van der Waals surface area contributed by atoms with E-state index >= 15 is 0 Å². The first-order chi connectivity index (χ1) is 20.8. The SMILES string of the molecule is CCCCCCCC/C=C\CCCCCCCC(=O)O[C@H](COC(=O)CCCCCCCCCCCC)COP(=O)(O)O. The lowest BCUT2D eigenvalue weighted by molar-refractivity contribution is -0.161. The number of unbranched alkanes of at least 4 members (excludes halogenated alkanes) is 20. The van der Waals surface area contributed by atoms with Gasteiger partial charge in [-0.3, -0.25) is 14.1 Å². The third kappa shape index (κ3) is 33.5. The second-order valence-corrected chi connectivity index (χ2v) is 13.1. The lowest BCUT2D eigenvalue weighted by Gasteiger charge is -2.18. The summed E-state index contributed by atoms with van der Waals surface area (Å²) in [6.07, 6.45) is 30.8. The molecule has 0 spiro atoms. The summed E-state index contributed by atoms with van der Waals surface area (Å²) in [5.41, 5.74) is 0. The van der Waals surface area contributed by atoms with Crippen molar-refractivity contribution in [3.63, 3.8) is 0 Å². The number of ether oxygens (including phenoxy) is 2. The van der Waals surface area contributed by atoms with E-state index in [0.29, 0.717) is 6.42 Å². The molecule has 0 radical (unpaired) electrons. The van der Waals surface area contributed by atoms with Gasteiger partial charge in [-0.15, -0.1) is 0 Å². The Morgan fingerprint density at radius 3 is 1.42 bits per heavy atom. The molecule has 2 N–H and O–H groups in total. The molecule has 0 fully saturated rings. The van der Waals surface area contributed by atoms with Crippen molar-refractivity contribution in [2.75, 3.05) is 13.2 Å². The van der Waals surface area contributed by atoms with Crippen molar-refractivity contribution in [2.45, 2.75) is 180 Å². The summed E-state index contributed by atoms with van der Waals surface area (Å²) in [5.74, 6) is -0.892. The number of esters is 2. The molecule has 1 atom stereocenters. The molecule has 0 saturated heterocycles. The number of phosphoric ester groups is 1. The Kier molecular flexibility index (Phi) is 29.9. The molecule has 9 heteroatoms. The van der Waals surface area contributed by atoms with E-state index in [-0.39, 0.29) is 19.4 Å². The van der Waals surface area contributed by atoms with E-state index in [1.165, 1.54) is 89.9 Å². The van der Waals surface area contributed by atoms with Crippen LogP contribution in [0.5, 0.6) is 0 Å². The smallest absolute Gasteiger partial charge is 0.462 e. The lowest BCUT2D eigenvalue weighted by Crippen LogP contribution is -2.29. The molecule has 0 aromatic heterocycles. The van der Waals surface area contributed by atoms with Crippen molar-refractivity contribution >= 4 is 19.8 Å². The predicted octanol–water partition coefficient (Wildman–Crippen LogP) is 9.90. The molecule has 43 heavy (non-hydrogen) atoms. The van der Waals surface area contributed by atoms with Crippen molar-refractivity contribution in [3.8, 4) is 0 Å². The average Bonchev–Trinajstić information content (AvgIpc) is 2.97. The van der Waals surface area contributed by atoms with Gasteiger partial charge in [0.25, 0.3) is 0 Å². The molecule has 0 saturated carbocycles. The number of allylic oxidation sites excluding steroid dienone is 2. The number of hydrogen-bond acceptors (Lipinski definition) is 6. The van der Waals surface area contributed by atoms with Crippen LogP contribution in [0.1, 0.15) is 174 Å². The average molecular weight is 633 g/mol. The van der Waals surface area contributed by atoms with E-state index in [9.17, 15) is 14.2 Å². The largest absolute Gasteiger partial charge is 0.469 e. The highest BCUT2D eigenvalue weighted by molar-refractivity contribution is 7.46. The van der Waals surface area contributed by atoms with Crippen LogP contribution in [-0.2, 0) is 28.2 Å². The molecule has 0 amide bonds. The van der Waals surface area contributed by atoms with Crippen LogP contribution < -0.4 is 0 Å². The Hall–Kier alpha value is -1.21. The molecule has 0 aromatic rings. The zero-order valence-electron chi connectivity index (χ0n) is 27.6. The third-order valence-electron chi connectivity index (χ3n) is 7.53. The highest BCUT2D eigenvalue weighted by Crippen LogP contribution is 2.36. The fraction of sp³-hybridized carbons (Fsp3) is 0.882. The van der Waals surface area contributed by atoms with Gasteiger partial charge in [0.1, 0.15) is 6.61 Å². The molecule has 0 heterocycles. The van der Waals surface area contributed by atoms with Crippen molar-refractivity contribution in [2.24, 2.45) is 0 Å². The highest BCUT2D eigenvalue weighted by Gasteiger charge is 2.22. The van der Waals surface area contributed by atoms with Gasteiger partial charge in [0.05, 0.1) is 6.61 Å². The van der Waals surface area contributed by atoms with Crippen LogP contribution in [0.3, 0.4) is 0 Å². The van der Waals surface area contributed by atoms with Gasteiger partial charge >= 0.3 is 19.8 Å². The van der Waals surface area contributed by atoms with Gasteiger partial charge < -0.3 is 19.3 Å². The first-order valence-corrected chi connectivity index (χ1v) is 19.0. The Morgan fingerprint density at radius 1 is 0.581 bits per heavy atom. The van der Waals surface area contributed by atoms with Crippen LogP contribution in [0.4, 0.5) is 0 Å². The van der Waals surface area contributed by atoms with Crippen LogP contribution in [0.25, 0.3) is 0 Å². The van der Waals surface area contributed by atoms with Gasteiger partial charge in [-0.2, -0.15) is 0 Å². The minimum atomic E-state index is -4.74. The highest BCUT2D eigenvalue weighted by atomic mass is 31.2. The van der Waals surface area contributed by atoms with E-state index < -0.39 is 32.5 Å². The molecule has 0 aliphatic rings. The van der Waals surface area contributed by atoms with Gasteiger partial charge in [0.15, 0.2) is 6.10 Å². The quantitative estimate of drug-likeness (QED) is 0.0325. The first-order valence-electron chi connectivity index (χ1n) is 17.5. The van der Waals surface area contributed by atoms with Crippen molar-refractivity contribution in [3.05, 3.63) is 12.2 Å². The van der Waals surface area contributed by atoms with E-state index in [0.717, 1.165) is 51.4 Å². The predicted molar refractivity (Wildman–Crippen MR) is 175 cm³/mol. The normalized spacial score (nSPS) is 12.6. The van der Waals surface area contributed by atoms with Crippen molar-refractivity contribution < 1.29 is 37.9 Å². The molecule has 0 aliphatic carbocycles. The molecular weight excluding hydrogens is 567 g/mol. The zero-order valence-corrected chi connectivity index (χ0v) is 28.5. The molecular formula is C34H65O8P. The summed E-state index contributed by atoms with van der Waals surface area (Å²) in [4.78, 5) is 42.5. The number of carbonyl (C=O) groups is 2. The second kappa shape index (κ2) is 30.8. The fourth-order valence-electron chi connectivity index (χ4n) is 4.90. The summed E-state index contributed by atoms with van der Waals surface area (Å²) in [5, 5.41) is 0. The number of hydrogen-bond donors (Lipinski definition) is 2. The maximum absolute atomic E-state index is 12.3. The minimum absolute atomic E-state index is 0.205. The molecule has 0 aromatic carbocycles. The topological polar surface area (TPSA) is 119 Å². The molecule has 0 rings (SSSR count). The van der Waals surface area contributed by atoms with Crippen molar-refractivity contribution in [1.82, 2.24) is 0 Å². The van der Waals surface area contributed by atoms with Crippen LogP contribution in [-0.4, -0.2) is 41.0 Å². The zero-order chi connectivity index (χ0) is 31.9. The summed E-state index contributed by atoms with van der Waals surface area (Å²) in [7, 11) is -4.74. The molecule has 0 aliphatic heterocycles. The monoisotopic (exact) mass is 632 g/mol. The van der Waals surface area contributed by atoms with Gasteiger partial charge in [-0.25, -0.2) is 4.57 Å². The van der Waals surface area contributed by atoms with Crippen LogP contribution in [0.15, 0.2) is 12.2 Å². The molecule has 0 bridgehead atoms. The number of phosphoric acid groups is 1. The maximum Gasteiger partial charge on any atom is 0.469 e. The van der Waals surface area contributed by atoms with Gasteiger partial charge in [-0.1, -0.05) is 135 Å². The summed E-state index contributed by atoms with van der Waals surface area (Å²) < 4.78 is 26.2. The summed E-state index contributed by atoms with van der Waals surface area (Å²) >= 11 is 0. The molecule has 8 nitrogen and oxygen atoms in total. The third-order valence-corrected chi connectivity index (χ3v) is 8.02. The first kappa shape index (κ1) is 41.8. The number of rotatable bonds is 32. The van der Waals surface area contributed by atoms with Gasteiger partial charge in [0, 0.05) is 12.8 Å². The molecule has 0 unspecified atom stereocenters. The maximum atomic E-state index is 12.3. The second-order valence-electron chi connectivity index (χ2n) is 11.8. The standard InChI is InChI=1S/C34H65O8P/c1-3-5-7-9-11-13-15-16-17-18-19-21-23-25-27-29-34(36)42-32(31-41-43(37,38)39)30-40-33(35)28-26-24-22-20-14-12-10-8-6-4-2/h16-17,32H,3-15,18-31H2,1-2H3,(H2,37,38,39)/b17-16-/t32-/m1/s1. The van der Waals surface area contributed by atoms with Gasteiger partial charge in [-0.05, 0) is 38.5 Å². The number of carbonyl (C=O) groups excluding carboxylic acids is 2.